The van der Waals surface area contributed by atoms with Crippen molar-refractivity contribution in [2.24, 2.45) is 0 Å². The van der Waals surface area contributed by atoms with Gasteiger partial charge in [-0.15, -0.1) is 4.68 Å². The molecule has 2 aromatic carbocycles. The Labute approximate surface area is 149 Å². The second-order valence-corrected chi connectivity index (χ2v) is 5.30. The molecule has 0 spiro atoms. The van der Waals surface area contributed by atoms with Crippen molar-refractivity contribution < 1.29 is 14.3 Å². The Balaban J connectivity index is 1.93. The van der Waals surface area contributed by atoms with Gasteiger partial charge in [0.2, 0.25) is 0 Å². The van der Waals surface area contributed by atoms with Crippen molar-refractivity contribution >= 4 is 11.7 Å². The molecule has 26 heavy (non-hydrogen) atoms. The van der Waals surface area contributed by atoms with Crippen molar-refractivity contribution in [2.45, 2.75) is 0 Å². The summed E-state index contributed by atoms with van der Waals surface area (Å²) in [7, 11) is 4.58. The van der Waals surface area contributed by atoms with Gasteiger partial charge in [-0.05, 0) is 46.8 Å². The summed E-state index contributed by atoms with van der Waals surface area (Å²) in [6, 6.07) is 13.0. The Hall–Kier alpha value is -3.62. The lowest BCUT2D eigenvalue weighted by atomic mass is 10.3. The highest BCUT2D eigenvalue weighted by molar-refractivity contribution is 5.92. The van der Waals surface area contributed by atoms with Crippen molar-refractivity contribution in [2.75, 3.05) is 26.2 Å². The van der Waals surface area contributed by atoms with Crippen LogP contribution in [0.1, 0.15) is 0 Å². The molecule has 0 aliphatic heterocycles. The Morgan fingerprint density at radius 3 is 2.35 bits per heavy atom. The summed E-state index contributed by atoms with van der Waals surface area (Å²) in [6.45, 7) is 0. The first-order chi connectivity index (χ1) is 12.6. The normalized spacial score (nSPS) is 10.4. The van der Waals surface area contributed by atoms with Crippen molar-refractivity contribution in [3.8, 4) is 17.2 Å². The lowest BCUT2D eigenvalue weighted by Gasteiger charge is -2.16. The van der Waals surface area contributed by atoms with E-state index in [0.717, 1.165) is 4.68 Å². The van der Waals surface area contributed by atoms with Crippen molar-refractivity contribution in [3.05, 3.63) is 59.0 Å². The molecule has 1 aromatic heterocycles. The number of ether oxygens (including phenoxy) is 2. The molecule has 0 atom stereocenters. The van der Waals surface area contributed by atoms with Gasteiger partial charge in [-0.25, -0.2) is 9.59 Å². The van der Waals surface area contributed by atoms with Gasteiger partial charge in [0.1, 0.15) is 17.2 Å². The van der Waals surface area contributed by atoms with E-state index in [1.165, 1.54) is 12.0 Å². The van der Waals surface area contributed by atoms with Crippen LogP contribution in [0.5, 0.6) is 11.5 Å². The Morgan fingerprint density at radius 1 is 1.00 bits per heavy atom. The SMILES string of the molecule is COc1ccc(N(C)C(=O)n2nnn(-c3ccccc3OC)c2=O)cc1. The quantitative estimate of drug-likeness (QED) is 0.660. The molecule has 134 valence electrons. The molecular weight excluding hydrogens is 338 g/mol. The predicted molar refractivity (Wildman–Crippen MR) is 94.4 cm³/mol. The first kappa shape index (κ1) is 17.2. The van der Waals surface area contributed by atoms with Crippen LogP contribution in [0.4, 0.5) is 10.5 Å². The van der Waals surface area contributed by atoms with E-state index in [0.29, 0.717) is 27.6 Å². The average molecular weight is 355 g/mol. The summed E-state index contributed by atoms with van der Waals surface area (Å²) in [5, 5.41) is 7.48. The minimum atomic E-state index is -0.695. The second-order valence-electron chi connectivity index (χ2n) is 5.30. The smallest absolute Gasteiger partial charge is 0.377 e. The molecule has 0 aliphatic rings. The standard InChI is InChI=1S/C17H17N5O4/c1-20(12-8-10-13(25-2)11-9-12)16(23)22-17(24)21(18-19-22)14-6-4-5-7-15(14)26-3/h4-11H,1-3H3. The monoisotopic (exact) mass is 355 g/mol. The second kappa shape index (κ2) is 7.09. The van der Waals surface area contributed by atoms with Gasteiger partial charge in [-0.3, -0.25) is 4.90 Å². The zero-order valence-corrected chi connectivity index (χ0v) is 14.5. The van der Waals surface area contributed by atoms with E-state index >= 15 is 0 Å². The van der Waals surface area contributed by atoms with Gasteiger partial charge < -0.3 is 9.47 Å². The largest absolute Gasteiger partial charge is 0.497 e. The number of aromatic nitrogens is 4. The number of para-hydroxylation sites is 2. The number of benzene rings is 2. The molecule has 3 aromatic rings. The third-order valence-corrected chi connectivity index (χ3v) is 3.82. The van der Waals surface area contributed by atoms with Gasteiger partial charge >= 0.3 is 11.7 Å². The number of carbonyl (C=O) groups is 1. The number of anilines is 1. The molecule has 9 heteroatoms. The molecule has 9 nitrogen and oxygen atoms in total. The topological polar surface area (TPSA) is 91.5 Å². The molecule has 3 rings (SSSR count). The van der Waals surface area contributed by atoms with Crippen LogP contribution in [0.25, 0.3) is 5.69 Å². The van der Waals surface area contributed by atoms with Crippen LogP contribution in [0, 0.1) is 0 Å². The van der Waals surface area contributed by atoms with E-state index in [2.05, 4.69) is 10.4 Å². The van der Waals surface area contributed by atoms with E-state index in [1.807, 2.05) is 0 Å². The minimum Gasteiger partial charge on any atom is -0.497 e. The number of amides is 1. The van der Waals surface area contributed by atoms with Crippen LogP contribution in [0.3, 0.4) is 0 Å². The third kappa shape index (κ3) is 3.02. The molecule has 1 heterocycles. The number of carbonyl (C=O) groups excluding carboxylic acids is 1. The van der Waals surface area contributed by atoms with Crippen molar-refractivity contribution in [3.63, 3.8) is 0 Å². The molecule has 0 radical (unpaired) electrons. The van der Waals surface area contributed by atoms with E-state index in [9.17, 15) is 9.59 Å². The van der Waals surface area contributed by atoms with Crippen molar-refractivity contribution in [1.29, 1.82) is 0 Å². The van der Waals surface area contributed by atoms with Gasteiger partial charge in [-0.2, -0.15) is 4.68 Å². The lowest BCUT2D eigenvalue weighted by Crippen LogP contribution is -2.38. The number of hydrogen-bond donors (Lipinski definition) is 0. The molecule has 0 saturated heterocycles. The fourth-order valence-corrected chi connectivity index (χ4v) is 2.38. The Morgan fingerprint density at radius 2 is 1.69 bits per heavy atom. The Bertz CT molecular complexity index is 977. The molecule has 0 aliphatic carbocycles. The van der Waals surface area contributed by atoms with Crippen molar-refractivity contribution in [1.82, 2.24) is 19.8 Å². The van der Waals surface area contributed by atoms with Gasteiger partial charge in [-0.1, -0.05) is 12.1 Å². The summed E-state index contributed by atoms with van der Waals surface area (Å²) in [5.74, 6) is 1.10. The highest BCUT2D eigenvalue weighted by atomic mass is 16.5. The number of methoxy groups -OCH3 is 2. The van der Waals surface area contributed by atoms with Gasteiger partial charge in [0.05, 0.1) is 14.2 Å². The zero-order valence-electron chi connectivity index (χ0n) is 14.5. The van der Waals surface area contributed by atoms with E-state index in [1.54, 1.807) is 62.7 Å². The van der Waals surface area contributed by atoms with Crippen LogP contribution in [-0.4, -0.2) is 47.1 Å². The number of nitrogens with zero attached hydrogens (tertiary/aromatic N) is 5. The summed E-state index contributed by atoms with van der Waals surface area (Å²) in [5.41, 5.74) is 0.278. The first-order valence-electron chi connectivity index (χ1n) is 7.67. The molecule has 0 saturated carbocycles. The molecule has 0 bridgehead atoms. The highest BCUT2D eigenvalue weighted by Crippen LogP contribution is 2.20. The van der Waals surface area contributed by atoms with Gasteiger partial charge in [0.25, 0.3) is 0 Å². The molecule has 0 unspecified atom stereocenters. The lowest BCUT2D eigenvalue weighted by molar-refractivity contribution is 0.245. The molecular formula is C17H17N5O4. The third-order valence-electron chi connectivity index (χ3n) is 3.82. The fraction of sp³-hybridized carbons (Fsp3) is 0.176. The number of hydrogen-bond acceptors (Lipinski definition) is 6. The number of tetrazole rings is 1. The summed E-state index contributed by atoms with van der Waals surface area (Å²) in [6.07, 6.45) is 0. The van der Waals surface area contributed by atoms with Crippen LogP contribution in [0.2, 0.25) is 0 Å². The average Bonchev–Trinajstić information content (AvgIpc) is 3.08. The molecule has 0 fully saturated rings. The van der Waals surface area contributed by atoms with E-state index in [4.69, 9.17) is 9.47 Å². The maximum Gasteiger partial charge on any atom is 0.377 e. The zero-order chi connectivity index (χ0) is 18.7. The predicted octanol–water partition coefficient (Wildman–Crippen LogP) is 1.55. The van der Waals surface area contributed by atoms with E-state index < -0.39 is 11.7 Å². The maximum absolute atomic E-state index is 12.6. The summed E-state index contributed by atoms with van der Waals surface area (Å²) in [4.78, 5) is 26.5. The Kier molecular flexibility index (Phi) is 4.70. The van der Waals surface area contributed by atoms with Crippen LogP contribution >= 0.6 is 0 Å². The summed E-state index contributed by atoms with van der Waals surface area (Å²) >= 11 is 0. The van der Waals surface area contributed by atoms with Crippen LogP contribution < -0.4 is 20.1 Å². The maximum atomic E-state index is 12.6. The van der Waals surface area contributed by atoms with Gasteiger partial charge in [0.15, 0.2) is 0 Å². The van der Waals surface area contributed by atoms with Crippen LogP contribution in [-0.2, 0) is 0 Å². The van der Waals surface area contributed by atoms with Gasteiger partial charge in [0, 0.05) is 12.7 Å². The molecule has 1 amide bonds. The fourth-order valence-electron chi connectivity index (χ4n) is 2.38. The molecule has 0 N–H and O–H groups in total. The van der Waals surface area contributed by atoms with E-state index in [-0.39, 0.29) is 0 Å². The highest BCUT2D eigenvalue weighted by Gasteiger charge is 2.21. The minimum absolute atomic E-state index is 0.395. The number of rotatable bonds is 4. The van der Waals surface area contributed by atoms with Crippen LogP contribution in [0.15, 0.2) is 53.3 Å². The first-order valence-corrected chi connectivity index (χ1v) is 7.67. The summed E-state index contributed by atoms with van der Waals surface area (Å²) < 4.78 is 12.0.